The van der Waals surface area contributed by atoms with Crippen molar-refractivity contribution < 1.29 is 31.9 Å². The zero-order chi connectivity index (χ0) is 36.8. The summed E-state index contributed by atoms with van der Waals surface area (Å²) in [7, 11) is 0. The number of carbonyl (C=O) groups is 3. The molecule has 8 nitrogen and oxygen atoms in total. The van der Waals surface area contributed by atoms with Gasteiger partial charge in [0.15, 0.2) is 0 Å². The van der Waals surface area contributed by atoms with Gasteiger partial charge in [-0.05, 0) is 65.9 Å². The van der Waals surface area contributed by atoms with E-state index in [2.05, 4.69) is 10.6 Å². The van der Waals surface area contributed by atoms with E-state index in [1.54, 1.807) is 41.3 Å². The Balaban J connectivity index is 1.40. The minimum atomic E-state index is -4.69. The molecule has 0 bridgehead atoms. The van der Waals surface area contributed by atoms with Gasteiger partial charge in [-0.2, -0.15) is 18.3 Å². The van der Waals surface area contributed by atoms with E-state index in [-0.39, 0.29) is 18.7 Å². The van der Waals surface area contributed by atoms with Gasteiger partial charge in [0, 0.05) is 35.4 Å². The van der Waals surface area contributed by atoms with Crippen LogP contribution in [0, 0.1) is 5.82 Å². The monoisotopic (exact) mass is 727 g/mol. The minimum Gasteiger partial charge on any atom is -0.347 e. The maximum Gasteiger partial charge on any atom is 0.416 e. The van der Waals surface area contributed by atoms with Crippen LogP contribution in [0.1, 0.15) is 51.1 Å². The number of amides is 3. The first-order chi connectivity index (χ1) is 25.0. The van der Waals surface area contributed by atoms with Crippen LogP contribution >= 0.6 is 11.8 Å². The molecule has 3 amide bonds. The van der Waals surface area contributed by atoms with Crippen molar-refractivity contribution in [2.75, 3.05) is 11.4 Å². The fourth-order valence-corrected chi connectivity index (χ4v) is 6.81. The molecule has 266 valence electrons. The van der Waals surface area contributed by atoms with Crippen molar-refractivity contribution in [3.05, 3.63) is 160 Å². The summed E-state index contributed by atoms with van der Waals surface area (Å²) in [5, 5.41) is 12.1. The lowest BCUT2D eigenvalue weighted by Gasteiger charge is -2.38. The molecule has 1 aliphatic rings. The van der Waals surface area contributed by atoms with Crippen LogP contribution < -0.4 is 15.5 Å². The van der Waals surface area contributed by atoms with E-state index in [4.69, 9.17) is 5.10 Å². The molecule has 0 radical (unpaired) electrons. The second kappa shape index (κ2) is 15.7. The Bertz CT molecular complexity index is 2090. The van der Waals surface area contributed by atoms with E-state index in [0.717, 1.165) is 23.8 Å². The van der Waals surface area contributed by atoms with Gasteiger partial charge in [-0.15, -0.1) is 11.8 Å². The number of hydrogen-bond donors (Lipinski definition) is 2. The number of aromatic nitrogens is 2. The van der Waals surface area contributed by atoms with Gasteiger partial charge in [0.2, 0.25) is 5.91 Å². The Labute approximate surface area is 301 Å². The third-order valence-corrected chi connectivity index (χ3v) is 9.36. The Morgan fingerprint density at radius 3 is 2.29 bits per heavy atom. The standard InChI is InChI=1S/C39H33F4N5O3S/c1-2-47-37-34(31(46-48(37)30-14-7-4-8-15-30)23-44-32(49)20-21-52-24-25-10-5-3-6-11-25)33(26-16-18-29(40)19-17-26)35(38(47)51)45-36(50)27-12-9-13-28(22-27)39(41,42)43/h3-22,33,35H,2,23-24H2,1H3,(H,44,49)(H,45,50)/b21-20-/t33-,35-/m0/s1. The molecule has 1 aromatic heterocycles. The molecule has 0 fully saturated rings. The van der Waals surface area contributed by atoms with Crippen LogP contribution in [0.3, 0.4) is 0 Å². The minimum absolute atomic E-state index is 0.0770. The molecule has 6 rings (SSSR count). The van der Waals surface area contributed by atoms with E-state index in [9.17, 15) is 31.9 Å². The predicted octanol–water partition coefficient (Wildman–Crippen LogP) is 7.39. The highest BCUT2D eigenvalue weighted by Crippen LogP contribution is 2.44. The number of nitrogens with one attached hydrogen (secondary N) is 2. The highest BCUT2D eigenvalue weighted by Gasteiger charge is 2.46. The summed E-state index contributed by atoms with van der Waals surface area (Å²) in [6, 6.07) is 26.8. The number of thioether (sulfide) groups is 1. The van der Waals surface area contributed by atoms with Crippen molar-refractivity contribution in [3.63, 3.8) is 0 Å². The summed E-state index contributed by atoms with van der Waals surface area (Å²) in [6.07, 6.45) is -3.28. The molecule has 4 aromatic carbocycles. The second-order valence-corrected chi connectivity index (χ2v) is 12.8. The topological polar surface area (TPSA) is 96.3 Å². The molecule has 2 heterocycles. The quantitative estimate of drug-likeness (QED) is 0.109. The van der Waals surface area contributed by atoms with Crippen LogP contribution in [0.5, 0.6) is 0 Å². The van der Waals surface area contributed by atoms with E-state index < -0.39 is 47.2 Å². The second-order valence-electron chi connectivity index (χ2n) is 11.9. The van der Waals surface area contributed by atoms with Crippen molar-refractivity contribution in [1.29, 1.82) is 0 Å². The van der Waals surface area contributed by atoms with Crippen LogP contribution in [0.2, 0.25) is 0 Å². The van der Waals surface area contributed by atoms with Gasteiger partial charge in [0.05, 0.1) is 23.5 Å². The molecule has 1 aliphatic heterocycles. The Kier molecular flexibility index (Phi) is 10.9. The molecular formula is C39H33F4N5O3S. The van der Waals surface area contributed by atoms with Gasteiger partial charge in [-0.1, -0.05) is 66.7 Å². The van der Waals surface area contributed by atoms with Crippen LogP contribution in [0.25, 0.3) is 5.69 Å². The molecule has 0 spiro atoms. The molecule has 5 aromatic rings. The lowest BCUT2D eigenvalue weighted by Crippen LogP contribution is -2.55. The lowest BCUT2D eigenvalue weighted by atomic mass is 9.80. The number of anilines is 1. The van der Waals surface area contributed by atoms with Crippen LogP contribution in [0.15, 0.2) is 121 Å². The molecule has 0 saturated carbocycles. The lowest BCUT2D eigenvalue weighted by molar-refractivity contribution is -0.137. The van der Waals surface area contributed by atoms with E-state index in [1.165, 1.54) is 53.1 Å². The fraction of sp³-hybridized carbons (Fsp3) is 0.179. The van der Waals surface area contributed by atoms with Gasteiger partial charge in [-0.25, -0.2) is 9.07 Å². The first-order valence-corrected chi connectivity index (χ1v) is 17.4. The Hall–Kier alpha value is -5.69. The highest BCUT2D eigenvalue weighted by atomic mass is 32.2. The fourth-order valence-electron chi connectivity index (χ4n) is 6.10. The highest BCUT2D eigenvalue weighted by molar-refractivity contribution is 8.01. The number of nitrogens with zero attached hydrogens (tertiary/aromatic N) is 3. The molecule has 13 heteroatoms. The van der Waals surface area contributed by atoms with Gasteiger partial charge in [-0.3, -0.25) is 19.3 Å². The number of halogens is 4. The third kappa shape index (κ3) is 7.94. The maximum absolute atomic E-state index is 14.4. The largest absolute Gasteiger partial charge is 0.416 e. The summed E-state index contributed by atoms with van der Waals surface area (Å²) in [6.45, 7) is 1.81. The van der Waals surface area contributed by atoms with Crippen molar-refractivity contribution in [2.24, 2.45) is 0 Å². The van der Waals surface area contributed by atoms with Crippen molar-refractivity contribution >= 4 is 35.3 Å². The molecule has 0 saturated heterocycles. The average Bonchev–Trinajstić information content (AvgIpc) is 3.52. The first-order valence-electron chi connectivity index (χ1n) is 16.4. The number of fused-ring (bicyclic) bond motifs is 1. The predicted molar refractivity (Wildman–Crippen MR) is 191 cm³/mol. The summed E-state index contributed by atoms with van der Waals surface area (Å²) in [4.78, 5) is 42.5. The first kappa shape index (κ1) is 36.1. The number of hydrogen-bond acceptors (Lipinski definition) is 5. The average molecular weight is 728 g/mol. The number of rotatable bonds is 11. The number of alkyl halides is 3. The molecule has 0 aliphatic carbocycles. The van der Waals surface area contributed by atoms with E-state index >= 15 is 0 Å². The number of benzene rings is 4. The van der Waals surface area contributed by atoms with Gasteiger partial charge >= 0.3 is 6.18 Å². The smallest absolute Gasteiger partial charge is 0.347 e. The van der Waals surface area contributed by atoms with Gasteiger partial charge in [0.25, 0.3) is 11.8 Å². The van der Waals surface area contributed by atoms with Crippen LogP contribution in [0.4, 0.5) is 23.4 Å². The van der Waals surface area contributed by atoms with E-state index in [1.807, 2.05) is 36.4 Å². The van der Waals surface area contributed by atoms with Crippen molar-refractivity contribution in [3.8, 4) is 5.69 Å². The van der Waals surface area contributed by atoms with Crippen LogP contribution in [-0.2, 0) is 28.1 Å². The zero-order valence-electron chi connectivity index (χ0n) is 27.8. The third-order valence-electron chi connectivity index (χ3n) is 8.53. The van der Waals surface area contributed by atoms with Crippen molar-refractivity contribution in [1.82, 2.24) is 20.4 Å². The van der Waals surface area contributed by atoms with Gasteiger partial charge in [0.1, 0.15) is 17.7 Å². The Morgan fingerprint density at radius 2 is 1.62 bits per heavy atom. The van der Waals surface area contributed by atoms with Gasteiger partial charge < -0.3 is 10.6 Å². The number of likely N-dealkylation sites (N-methyl/N-ethyl adjacent to an activating group) is 1. The summed E-state index contributed by atoms with van der Waals surface area (Å²) in [5.41, 5.74) is 1.70. The maximum atomic E-state index is 14.4. The normalized spacial score (nSPS) is 15.8. The number of para-hydroxylation sites is 1. The zero-order valence-corrected chi connectivity index (χ0v) is 28.6. The molecule has 2 atom stereocenters. The van der Waals surface area contributed by atoms with Crippen molar-refractivity contribution in [2.45, 2.75) is 37.4 Å². The molecule has 2 N–H and O–H groups in total. The number of carbonyl (C=O) groups excluding carboxylic acids is 3. The van der Waals surface area contributed by atoms with E-state index in [0.29, 0.717) is 34.1 Å². The molecule has 52 heavy (non-hydrogen) atoms. The van der Waals surface area contributed by atoms with Crippen LogP contribution in [-0.4, -0.2) is 40.1 Å². The summed E-state index contributed by atoms with van der Waals surface area (Å²) in [5.74, 6) is -2.29. The summed E-state index contributed by atoms with van der Waals surface area (Å²) < 4.78 is 56.4. The molecular weight excluding hydrogens is 695 g/mol. The molecule has 0 unspecified atom stereocenters. The summed E-state index contributed by atoms with van der Waals surface area (Å²) >= 11 is 1.45. The Morgan fingerprint density at radius 1 is 0.923 bits per heavy atom. The SMILES string of the molecule is CCN1C(=O)[C@@H](NC(=O)c2cccc(C(F)(F)F)c2)[C@@H](c2ccc(F)cc2)c2c(CNC(=O)/C=C\SCc3ccccc3)nn(-c3ccccc3)c21.